The van der Waals surface area contributed by atoms with Gasteiger partial charge in [0, 0.05) is 23.6 Å². The highest BCUT2D eigenvalue weighted by Crippen LogP contribution is 2.43. The number of aromatic nitrogens is 7. The Labute approximate surface area is 195 Å². The van der Waals surface area contributed by atoms with Gasteiger partial charge >= 0.3 is 0 Å². The van der Waals surface area contributed by atoms with Crippen molar-refractivity contribution in [3.63, 3.8) is 0 Å². The lowest BCUT2D eigenvalue weighted by atomic mass is 10.1. The minimum Gasteiger partial charge on any atom is -0.314 e. The van der Waals surface area contributed by atoms with E-state index in [9.17, 15) is 4.39 Å². The van der Waals surface area contributed by atoms with E-state index in [1.54, 1.807) is 24.5 Å². The molecule has 1 aliphatic heterocycles. The maximum atomic E-state index is 13.5. The average molecular weight is 452 g/mol. The third-order valence-corrected chi connectivity index (χ3v) is 6.05. The summed E-state index contributed by atoms with van der Waals surface area (Å²) in [6.07, 6.45) is 6.11. The molecule has 34 heavy (non-hydrogen) atoms. The molecule has 4 heterocycles. The molecule has 0 N–H and O–H groups in total. The maximum absolute atomic E-state index is 13.5. The van der Waals surface area contributed by atoms with Crippen molar-refractivity contribution in [2.75, 3.05) is 4.90 Å². The Hall–Kier alpha value is -4.40. The molecule has 9 heteroatoms. The minimum absolute atomic E-state index is 0.0433. The van der Waals surface area contributed by atoms with Gasteiger partial charge in [-0.1, -0.05) is 25.1 Å². The summed E-state index contributed by atoms with van der Waals surface area (Å²) in [5.74, 6) is 3.22. The van der Waals surface area contributed by atoms with E-state index in [-0.39, 0.29) is 11.9 Å². The second kappa shape index (κ2) is 7.87. The van der Waals surface area contributed by atoms with E-state index < -0.39 is 0 Å². The Balaban J connectivity index is 1.56. The number of aryl methyl sites for hydroxylation is 1. The Morgan fingerprint density at radius 2 is 1.76 bits per heavy atom. The Kier molecular flexibility index (Phi) is 4.68. The molecule has 3 aromatic heterocycles. The summed E-state index contributed by atoms with van der Waals surface area (Å²) in [6, 6.07) is 16.3. The fourth-order valence-corrected chi connectivity index (χ4v) is 4.50. The SMILES string of the molecule is CCC1c2nnc(C)n2-c2cnc(-n3ccnc3-c3ccc(F)cc3)nc2N1c1ccccc1. The zero-order valence-electron chi connectivity index (χ0n) is 18.7. The lowest BCUT2D eigenvalue weighted by Gasteiger charge is -2.37. The fraction of sp³-hybridized carbons (Fsp3) is 0.160. The summed E-state index contributed by atoms with van der Waals surface area (Å²) in [7, 11) is 0. The molecular weight excluding hydrogens is 431 g/mol. The highest BCUT2D eigenvalue weighted by atomic mass is 19.1. The van der Waals surface area contributed by atoms with Gasteiger partial charge in [-0.15, -0.1) is 10.2 Å². The van der Waals surface area contributed by atoms with Gasteiger partial charge in [-0.05, 0) is 49.7 Å². The summed E-state index contributed by atoms with van der Waals surface area (Å²) in [4.78, 5) is 16.4. The van der Waals surface area contributed by atoms with Crippen LogP contribution in [0.15, 0.2) is 73.2 Å². The number of anilines is 2. The molecule has 0 aliphatic carbocycles. The van der Waals surface area contributed by atoms with Crippen molar-refractivity contribution < 1.29 is 4.39 Å². The van der Waals surface area contributed by atoms with Crippen LogP contribution >= 0.6 is 0 Å². The molecular formula is C25H21FN8. The van der Waals surface area contributed by atoms with Crippen LogP contribution in [-0.4, -0.2) is 34.3 Å². The van der Waals surface area contributed by atoms with E-state index in [0.717, 1.165) is 40.8 Å². The quantitative estimate of drug-likeness (QED) is 0.384. The van der Waals surface area contributed by atoms with Crippen LogP contribution in [0.25, 0.3) is 23.0 Å². The topological polar surface area (TPSA) is 77.5 Å². The third kappa shape index (κ3) is 3.08. The molecule has 168 valence electrons. The van der Waals surface area contributed by atoms with Gasteiger partial charge in [0.1, 0.15) is 23.2 Å². The fourth-order valence-electron chi connectivity index (χ4n) is 4.50. The normalized spacial score (nSPS) is 14.7. The van der Waals surface area contributed by atoms with Gasteiger partial charge in [0.15, 0.2) is 11.6 Å². The second-order valence-corrected chi connectivity index (χ2v) is 8.08. The summed E-state index contributed by atoms with van der Waals surface area (Å²) < 4.78 is 17.3. The standard InChI is InChI=1S/C25H21FN8/c1-3-20-24-31-30-16(2)33(24)21-15-28-25(29-23(21)34(20)19-7-5-4-6-8-19)32-14-13-27-22(32)17-9-11-18(26)12-10-17/h4-15,20H,3H2,1-2H3. The number of imidazole rings is 1. The largest absolute Gasteiger partial charge is 0.314 e. The predicted molar refractivity (Wildman–Crippen MR) is 126 cm³/mol. The first-order valence-corrected chi connectivity index (χ1v) is 11.1. The van der Waals surface area contributed by atoms with Crippen LogP contribution in [0.3, 0.4) is 0 Å². The lowest BCUT2D eigenvalue weighted by molar-refractivity contribution is 0.586. The molecule has 0 saturated heterocycles. The number of hydrogen-bond acceptors (Lipinski definition) is 6. The number of hydrogen-bond donors (Lipinski definition) is 0. The minimum atomic E-state index is -0.295. The number of benzene rings is 2. The smallest absolute Gasteiger partial charge is 0.237 e. The van der Waals surface area contributed by atoms with Crippen molar-refractivity contribution in [2.24, 2.45) is 0 Å². The molecule has 1 unspecified atom stereocenters. The Bertz CT molecular complexity index is 1470. The van der Waals surface area contributed by atoms with E-state index in [1.807, 2.05) is 40.5 Å². The molecule has 0 fully saturated rings. The molecule has 8 nitrogen and oxygen atoms in total. The predicted octanol–water partition coefficient (Wildman–Crippen LogP) is 4.96. The summed E-state index contributed by atoms with van der Waals surface area (Å²) in [6.45, 7) is 4.06. The molecule has 0 spiro atoms. The molecule has 5 aromatic rings. The summed E-state index contributed by atoms with van der Waals surface area (Å²) in [5.41, 5.74) is 2.60. The van der Waals surface area contributed by atoms with Crippen LogP contribution in [0.4, 0.5) is 15.9 Å². The van der Waals surface area contributed by atoms with E-state index in [4.69, 9.17) is 4.98 Å². The highest BCUT2D eigenvalue weighted by Gasteiger charge is 2.36. The van der Waals surface area contributed by atoms with Gasteiger partial charge in [-0.25, -0.2) is 14.4 Å². The number of rotatable bonds is 4. The van der Waals surface area contributed by atoms with Gasteiger partial charge in [-0.3, -0.25) is 9.13 Å². The first kappa shape index (κ1) is 20.2. The van der Waals surface area contributed by atoms with E-state index in [0.29, 0.717) is 11.8 Å². The van der Waals surface area contributed by atoms with Gasteiger partial charge in [-0.2, -0.15) is 4.98 Å². The number of halogens is 1. The van der Waals surface area contributed by atoms with Crippen LogP contribution in [0.5, 0.6) is 0 Å². The van der Waals surface area contributed by atoms with Gasteiger partial charge in [0.05, 0.1) is 12.2 Å². The van der Waals surface area contributed by atoms with Gasteiger partial charge < -0.3 is 4.90 Å². The zero-order chi connectivity index (χ0) is 23.2. The molecule has 2 aromatic carbocycles. The number of nitrogens with zero attached hydrogens (tertiary/aromatic N) is 8. The molecule has 0 amide bonds. The van der Waals surface area contributed by atoms with Crippen LogP contribution in [0.1, 0.15) is 31.0 Å². The van der Waals surface area contributed by atoms with Crippen LogP contribution in [-0.2, 0) is 0 Å². The van der Waals surface area contributed by atoms with Crippen molar-refractivity contribution in [1.82, 2.24) is 34.3 Å². The third-order valence-electron chi connectivity index (χ3n) is 6.05. The number of para-hydroxylation sites is 1. The molecule has 1 atom stereocenters. The molecule has 6 rings (SSSR count). The monoisotopic (exact) mass is 452 g/mol. The zero-order valence-corrected chi connectivity index (χ0v) is 18.7. The van der Waals surface area contributed by atoms with Crippen molar-refractivity contribution in [3.8, 4) is 23.0 Å². The average Bonchev–Trinajstić information content (AvgIpc) is 3.51. The van der Waals surface area contributed by atoms with Crippen molar-refractivity contribution in [3.05, 3.63) is 90.7 Å². The van der Waals surface area contributed by atoms with Crippen LogP contribution < -0.4 is 4.90 Å². The van der Waals surface area contributed by atoms with Crippen LogP contribution in [0.2, 0.25) is 0 Å². The van der Waals surface area contributed by atoms with Crippen molar-refractivity contribution >= 4 is 11.5 Å². The second-order valence-electron chi connectivity index (χ2n) is 8.08. The molecule has 0 saturated carbocycles. The summed E-state index contributed by atoms with van der Waals surface area (Å²) >= 11 is 0. The maximum Gasteiger partial charge on any atom is 0.237 e. The Morgan fingerprint density at radius 3 is 2.53 bits per heavy atom. The highest BCUT2D eigenvalue weighted by molar-refractivity contribution is 5.72. The van der Waals surface area contributed by atoms with E-state index in [2.05, 4.69) is 44.1 Å². The number of fused-ring (bicyclic) bond motifs is 3. The molecule has 0 bridgehead atoms. The van der Waals surface area contributed by atoms with Gasteiger partial charge in [0.25, 0.3) is 0 Å². The Morgan fingerprint density at radius 1 is 0.971 bits per heavy atom. The first-order valence-electron chi connectivity index (χ1n) is 11.1. The van der Waals surface area contributed by atoms with Crippen molar-refractivity contribution in [2.45, 2.75) is 26.3 Å². The summed E-state index contributed by atoms with van der Waals surface area (Å²) in [5, 5.41) is 8.83. The van der Waals surface area contributed by atoms with E-state index >= 15 is 0 Å². The van der Waals surface area contributed by atoms with Gasteiger partial charge in [0.2, 0.25) is 5.95 Å². The molecule has 1 aliphatic rings. The first-order chi connectivity index (χ1) is 16.7. The van der Waals surface area contributed by atoms with E-state index in [1.165, 1.54) is 12.1 Å². The molecule has 0 radical (unpaired) electrons. The van der Waals surface area contributed by atoms with Crippen molar-refractivity contribution in [1.29, 1.82) is 0 Å². The lowest BCUT2D eigenvalue weighted by Crippen LogP contribution is -2.32. The van der Waals surface area contributed by atoms with Crippen LogP contribution in [0, 0.1) is 12.7 Å².